The van der Waals surface area contributed by atoms with Crippen molar-refractivity contribution in [2.45, 2.75) is 12.1 Å². The monoisotopic (exact) mass is 370 g/mol. The lowest BCUT2D eigenvalue weighted by Gasteiger charge is -2.25. The number of pyridine rings is 1. The van der Waals surface area contributed by atoms with Crippen LogP contribution in [-0.2, 0) is 12.1 Å². The molecule has 0 saturated heterocycles. The van der Waals surface area contributed by atoms with Crippen molar-refractivity contribution >= 4 is 22.0 Å². The van der Waals surface area contributed by atoms with Crippen LogP contribution in [0, 0.1) is 0 Å². The predicted molar refractivity (Wildman–Crippen MR) is 91.3 cm³/mol. The van der Waals surface area contributed by atoms with Crippen molar-refractivity contribution in [2.75, 3.05) is 0 Å². The third-order valence-corrected chi connectivity index (χ3v) is 4.00. The summed E-state index contributed by atoms with van der Waals surface area (Å²) in [7, 11) is 0. The van der Waals surface area contributed by atoms with Crippen LogP contribution < -0.4 is 0 Å². The van der Waals surface area contributed by atoms with Gasteiger partial charge in [-0.3, -0.25) is 4.98 Å². The quantitative estimate of drug-likeness (QED) is 0.749. The van der Waals surface area contributed by atoms with E-state index in [1.54, 1.807) is 41.6 Å². The molecule has 0 amide bonds. The summed E-state index contributed by atoms with van der Waals surface area (Å²) in [5, 5.41) is 15.2. The highest BCUT2D eigenvalue weighted by Gasteiger charge is 2.27. The van der Waals surface area contributed by atoms with Crippen LogP contribution >= 0.6 is 15.9 Å². The van der Waals surface area contributed by atoms with E-state index in [1.165, 1.54) is 6.33 Å². The van der Waals surface area contributed by atoms with Gasteiger partial charge in [-0.1, -0.05) is 34.1 Å². The molecule has 3 rings (SSSR count). The second-order valence-electron chi connectivity index (χ2n) is 5.14. The topological polar surface area (TPSA) is 63.8 Å². The van der Waals surface area contributed by atoms with Crippen molar-refractivity contribution in [3.63, 3.8) is 0 Å². The van der Waals surface area contributed by atoms with Crippen molar-refractivity contribution < 1.29 is 5.11 Å². The van der Waals surface area contributed by atoms with Crippen LogP contribution in [0.25, 0.3) is 6.08 Å². The van der Waals surface area contributed by atoms with Crippen LogP contribution in [0.15, 0.2) is 72.0 Å². The van der Waals surface area contributed by atoms with Gasteiger partial charge < -0.3 is 5.11 Å². The van der Waals surface area contributed by atoms with E-state index in [-0.39, 0.29) is 6.54 Å². The fourth-order valence-corrected chi connectivity index (χ4v) is 2.51. The summed E-state index contributed by atoms with van der Waals surface area (Å²) in [6.07, 6.45) is 10.0. The van der Waals surface area contributed by atoms with Crippen molar-refractivity contribution in [3.8, 4) is 0 Å². The number of benzene rings is 1. The van der Waals surface area contributed by atoms with Crippen LogP contribution in [-0.4, -0.2) is 24.9 Å². The van der Waals surface area contributed by atoms with Gasteiger partial charge in [0.15, 0.2) is 0 Å². The molecule has 1 unspecified atom stereocenters. The van der Waals surface area contributed by atoms with Gasteiger partial charge in [0.05, 0.1) is 6.54 Å². The molecule has 116 valence electrons. The Labute approximate surface area is 142 Å². The average molecular weight is 371 g/mol. The molecule has 1 atom stereocenters. The minimum absolute atomic E-state index is 0.268. The van der Waals surface area contributed by atoms with Gasteiger partial charge in [-0.25, -0.2) is 9.67 Å². The van der Waals surface area contributed by atoms with Crippen molar-refractivity contribution in [3.05, 3.63) is 83.1 Å². The number of rotatable bonds is 5. The summed E-state index contributed by atoms with van der Waals surface area (Å²) < 4.78 is 2.62. The molecule has 1 N–H and O–H groups in total. The Bertz CT molecular complexity index is 772. The minimum Gasteiger partial charge on any atom is -0.379 e. The van der Waals surface area contributed by atoms with E-state index in [2.05, 4.69) is 31.0 Å². The molecule has 0 spiro atoms. The molecular formula is C17H15BrN4O. The maximum absolute atomic E-state index is 11.2. The maximum Gasteiger partial charge on any atom is 0.137 e. The second kappa shape index (κ2) is 6.85. The summed E-state index contributed by atoms with van der Waals surface area (Å²) in [4.78, 5) is 7.94. The van der Waals surface area contributed by atoms with E-state index < -0.39 is 5.60 Å². The first-order valence-electron chi connectivity index (χ1n) is 7.06. The van der Waals surface area contributed by atoms with Gasteiger partial charge in [0.2, 0.25) is 0 Å². The zero-order valence-corrected chi connectivity index (χ0v) is 13.8. The van der Waals surface area contributed by atoms with Gasteiger partial charge >= 0.3 is 0 Å². The molecule has 23 heavy (non-hydrogen) atoms. The highest BCUT2D eigenvalue weighted by atomic mass is 79.9. The molecule has 2 aromatic heterocycles. The van der Waals surface area contributed by atoms with Gasteiger partial charge in [0.25, 0.3) is 0 Å². The Hall–Kier alpha value is -2.31. The average Bonchev–Trinajstić information content (AvgIpc) is 3.08. The normalized spacial score (nSPS) is 14.0. The highest BCUT2D eigenvalue weighted by molar-refractivity contribution is 9.10. The predicted octanol–water partition coefficient (Wildman–Crippen LogP) is 3.04. The highest BCUT2D eigenvalue weighted by Crippen LogP contribution is 2.25. The van der Waals surface area contributed by atoms with Gasteiger partial charge in [-0.05, 0) is 41.5 Å². The Kier molecular flexibility index (Phi) is 4.64. The number of aliphatic hydroxyl groups is 1. The molecule has 0 saturated carbocycles. The smallest absolute Gasteiger partial charge is 0.137 e. The van der Waals surface area contributed by atoms with Gasteiger partial charge in [0.1, 0.15) is 18.3 Å². The SMILES string of the molecule is OC(/C=C/c1ccc(Br)cc1)(Cn1cncn1)c1ccncc1. The fraction of sp³-hybridized carbons (Fsp3) is 0.118. The first-order chi connectivity index (χ1) is 11.2. The van der Waals surface area contributed by atoms with Crippen molar-refractivity contribution in [2.24, 2.45) is 0 Å². The molecular weight excluding hydrogens is 356 g/mol. The minimum atomic E-state index is -1.20. The van der Waals surface area contributed by atoms with E-state index in [9.17, 15) is 5.11 Å². The van der Waals surface area contributed by atoms with E-state index in [4.69, 9.17) is 0 Å². The van der Waals surface area contributed by atoms with Crippen LogP contribution in [0.5, 0.6) is 0 Å². The third-order valence-electron chi connectivity index (χ3n) is 3.47. The number of nitrogens with zero attached hydrogens (tertiary/aromatic N) is 4. The van der Waals surface area contributed by atoms with E-state index in [1.807, 2.05) is 30.3 Å². The Morgan fingerprint density at radius 3 is 2.48 bits per heavy atom. The molecule has 0 aliphatic carbocycles. The summed E-state index contributed by atoms with van der Waals surface area (Å²) in [6.45, 7) is 0.268. The second-order valence-corrected chi connectivity index (χ2v) is 6.05. The summed E-state index contributed by atoms with van der Waals surface area (Å²) in [5.41, 5.74) is 0.541. The van der Waals surface area contributed by atoms with Crippen LogP contribution in [0.2, 0.25) is 0 Å². The Balaban J connectivity index is 1.93. The zero-order valence-electron chi connectivity index (χ0n) is 12.2. The summed E-state index contributed by atoms with van der Waals surface area (Å²) in [5.74, 6) is 0. The number of hydrogen-bond donors (Lipinski definition) is 1. The lowest BCUT2D eigenvalue weighted by molar-refractivity contribution is 0.0663. The van der Waals surface area contributed by atoms with Crippen molar-refractivity contribution in [1.82, 2.24) is 19.7 Å². The Morgan fingerprint density at radius 2 is 1.83 bits per heavy atom. The first-order valence-corrected chi connectivity index (χ1v) is 7.85. The molecule has 0 aliphatic heterocycles. The molecule has 6 heteroatoms. The van der Waals surface area contributed by atoms with E-state index >= 15 is 0 Å². The molecule has 2 heterocycles. The Morgan fingerprint density at radius 1 is 1.09 bits per heavy atom. The van der Waals surface area contributed by atoms with Gasteiger partial charge in [0, 0.05) is 16.9 Å². The molecule has 0 aliphatic rings. The molecule has 0 bridgehead atoms. The summed E-state index contributed by atoms with van der Waals surface area (Å²) in [6, 6.07) is 11.5. The largest absolute Gasteiger partial charge is 0.379 e. The standard InChI is InChI=1S/C17H15BrN4O/c18-16-3-1-14(2-4-16)5-8-17(23,11-22-13-20-12-21-22)15-6-9-19-10-7-15/h1-10,12-13,23H,11H2/b8-5+. The number of halogens is 1. The van der Waals surface area contributed by atoms with E-state index in [0.717, 1.165) is 15.6 Å². The van der Waals surface area contributed by atoms with Crippen LogP contribution in [0.4, 0.5) is 0 Å². The lowest BCUT2D eigenvalue weighted by Crippen LogP contribution is -2.29. The lowest BCUT2D eigenvalue weighted by atomic mass is 9.93. The number of hydrogen-bond acceptors (Lipinski definition) is 4. The van der Waals surface area contributed by atoms with E-state index in [0.29, 0.717) is 0 Å². The molecule has 3 aromatic rings. The molecule has 5 nitrogen and oxygen atoms in total. The van der Waals surface area contributed by atoms with Crippen molar-refractivity contribution in [1.29, 1.82) is 0 Å². The summed E-state index contributed by atoms with van der Waals surface area (Å²) >= 11 is 3.41. The van der Waals surface area contributed by atoms with Gasteiger partial charge in [-0.2, -0.15) is 5.10 Å². The fourth-order valence-electron chi connectivity index (χ4n) is 2.25. The zero-order chi connectivity index (χ0) is 16.1. The number of aromatic nitrogens is 4. The van der Waals surface area contributed by atoms with Gasteiger partial charge in [-0.15, -0.1) is 0 Å². The molecule has 0 fully saturated rings. The molecule has 0 radical (unpaired) electrons. The molecule has 1 aromatic carbocycles. The maximum atomic E-state index is 11.2. The third kappa shape index (κ3) is 3.91. The van der Waals surface area contributed by atoms with Crippen LogP contribution in [0.3, 0.4) is 0 Å². The van der Waals surface area contributed by atoms with Crippen LogP contribution in [0.1, 0.15) is 11.1 Å². The first kappa shape index (κ1) is 15.6.